The number of piperazine rings is 1. The highest BCUT2D eigenvalue weighted by Gasteiger charge is 2.45. The molecule has 4 aromatic rings. The van der Waals surface area contributed by atoms with E-state index in [9.17, 15) is 24.3 Å². The summed E-state index contributed by atoms with van der Waals surface area (Å²) in [6.07, 6.45) is 3.22. The predicted molar refractivity (Wildman–Crippen MR) is 224 cm³/mol. The lowest BCUT2D eigenvalue weighted by molar-refractivity contribution is -0.136. The third kappa shape index (κ3) is 8.42. The average molecular weight is 782 g/mol. The number of fused-ring (bicyclic) bond motifs is 1. The van der Waals surface area contributed by atoms with E-state index in [0.29, 0.717) is 23.7 Å². The van der Waals surface area contributed by atoms with Gasteiger partial charge in [0.25, 0.3) is 11.8 Å². The second-order valence-electron chi connectivity index (χ2n) is 15.7. The van der Waals surface area contributed by atoms with Crippen molar-refractivity contribution in [2.24, 2.45) is 5.92 Å². The molecule has 4 aromatic carbocycles. The molecule has 1 atom stereocenters. The van der Waals surface area contributed by atoms with Gasteiger partial charge < -0.3 is 19.6 Å². The zero-order chi connectivity index (χ0) is 40.2. The number of piperidine rings is 2. The van der Waals surface area contributed by atoms with Crippen molar-refractivity contribution in [1.29, 1.82) is 0 Å². The molecule has 0 saturated carbocycles. The van der Waals surface area contributed by atoms with Crippen molar-refractivity contribution in [3.8, 4) is 11.5 Å². The predicted octanol–water partition coefficient (Wildman–Crippen LogP) is 6.08. The Kier molecular flexibility index (Phi) is 11.7. The number of carbonyl (C=O) groups is 4. The van der Waals surface area contributed by atoms with Crippen LogP contribution in [-0.4, -0.2) is 108 Å². The summed E-state index contributed by atoms with van der Waals surface area (Å²) in [6.45, 7) is 10.6. The molecule has 0 aliphatic carbocycles. The molecule has 11 nitrogen and oxygen atoms in total. The van der Waals surface area contributed by atoms with Gasteiger partial charge in [0, 0.05) is 64.5 Å². The number of ether oxygens (including phenoxy) is 1. The molecule has 3 fully saturated rings. The molecule has 8 rings (SSSR count). The molecule has 4 heterocycles. The van der Waals surface area contributed by atoms with Gasteiger partial charge in [-0.25, -0.2) is 0 Å². The van der Waals surface area contributed by atoms with Crippen molar-refractivity contribution >= 4 is 40.5 Å². The van der Waals surface area contributed by atoms with Crippen LogP contribution in [0, 0.1) is 5.92 Å². The van der Waals surface area contributed by atoms with E-state index in [1.54, 1.807) is 24.3 Å². The number of hydrogen-bond acceptors (Lipinski definition) is 9. The number of nitrogens with one attached hydrogen (secondary N) is 1. The number of rotatable bonds is 12. The zero-order valence-corrected chi connectivity index (χ0v) is 33.1. The summed E-state index contributed by atoms with van der Waals surface area (Å²) in [7, 11) is 0. The Morgan fingerprint density at radius 2 is 1.38 bits per heavy atom. The maximum atomic E-state index is 13.3. The van der Waals surface area contributed by atoms with Gasteiger partial charge in [0.2, 0.25) is 11.8 Å². The molecule has 2 N–H and O–H groups in total. The van der Waals surface area contributed by atoms with Crippen molar-refractivity contribution in [2.45, 2.75) is 45.1 Å². The van der Waals surface area contributed by atoms with Crippen LogP contribution < -0.4 is 15.0 Å². The van der Waals surface area contributed by atoms with E-state index in [1.165, 1.54) is 11.1 Å². The lowest BCUT2D eigenvalue weighted by Gasteiger charge is -2.39. The Morgan fingerprint density at radius 1 is 0.724 bits per heavy atom. The number of allylic oxidation sites excluding steroid dienone is 1. The average Bonchev–Trinajstić information content (AvgIpc) is 3.49. The molecule has 1 unspecified atom stereocenters. The largest absolute Gasteiger partial charge is 0.508 e. The van der Waals surface area contributed by atoms with Gasteiger partial charge in [0.15, 0.2) is 0 Å². The van der Waals surface area contributed by atoms with E-state index in [0.717, 1.165) is 105 Å². The van der Waals surface area contributed by atoms with Gasteiger partial charge in [-0.1, -0.05) is 61.5 Å². The molecule has 58 heavy (non-hydrogen) atoms. The van der Waals surface area contributed by atoms with Gasteiger partial charge in [-0.15, -0.1) is 0 Å². The van der Waals surface area contributed by atoms with Crippen LogP contribution in [0.5, 0.6) is 11.5 Å². The number of amides is 4. The van der Waals surface area contributed by atoms with E-state index in [-0.39, 0.29) is 24.5 Å². The van der Waals surface area contributed by atoms with E-state index < -0.39 is 23.8 Å². The van der Waals surface area contributed by atoms with Crippen LogP contribution in [0.25, 0.3) is 11.1 Å². The third-order valence-electron chi connectivity index (χ3n) is 12.1. The Morgan fingerprint density at radius 3 is 2.05 bits per heavy atom. The Labute approximate surface area is 339 Å². The number of imide groups is 2. The number of anilines is 1. The summed E-state index contributed by atoms with van der Waals surface area (Å²) in [5.41, 5.74) is 7.32. The first-order chi connectivity index (χ1) is 28.2. The van der Waals surface area contributed by atoms with Crippen LogP contribution in [0.1, 0.15) is 76.4 Å². The minimum Gasteiger partial charge on any atom is -0.508 e. The molecule has 4 aliphatic heterocycles. The summed E-state index contributed by atoms with van der Waals surface area (Å²) in [5, 5.41) is 12.2. The highest BCUT2D eigenvalue weighted by atomic mass is 16.5. The number of benzene rings is 4. The normalized spacial score (nSPS) is 19.9. The molecule has 0 bridgehead atoms. The molecule has 0 spiro atoms. The van der Waals surface area contributed by atoms with Crippen molar-refractivity contribution in [1.82, 2.24) is 20.0 Å². The van der Waals surface area contributed by atoms with Crippen LogP contribution in [0.15, 0.2) is 97.1 Å². The van der Waals surface area contributed by atoms with Crippen molar-refractivity contribution in [2.75, 3.05) is 63.9 Å². The second-order valence-corrected chi connectivity index (χ2v) is 15.7. The Balaban J connectivity index is 0.787. The van der Waals surface area contributed by atoms with Crippen LogP contribution in [0.2, 0.25) is 0 Å². The molecule has 11 heteroatoms. The summed E-state index contributed by atoms with van der Waals surface area (Å²) in [6, 6.07) is 30.7. The SMILES string of the molecule is CC/C(=C(\c1ccc(O)cc1)c1ccc(OCCN2CCN(CC3CCN(c4ccc5c(c4)C(=O)N(C4CCC(=O)NC4=O)C5=O)CC3)CC2)cc1)c1ccccc1. The molecule has 4 aliphatic rings. The molecule has 3 saturated heterocycles. The number of phenols is 1. The monoisotopic (exact) mass is 781 g/mol. The summed E-state index contributed by atoms with van der Waals surface area (Å²) < 4.78 is 6.23. The highest BCUT2D eigenvalue weighted by Crippen LogP contribution is 2.36. The highest BCUT2D eigenvalue weighted by molar-refractivity contribution is 6.23. The zero-order valence-electron chi connectivity index (χ0n) is 33.1. The van der Waals surface area contributed by atoms with Gasteiger partial charge in [-0.2, -0.15) is 0 Å². The molecular weight excluding hydrogens is 731 g/mol. The fourth-order valence-corrected chi connectivity index (χ4v) is 8.91. The standard InChI is InChI=1S/C47H51N5O6/c1-2-39(33-6-4-3-5-7-33)44(34-8-13-37(53)14-9-34)35-10-15-38(16-11-35)58-29-28-49-24-26-50(27-25-49)31-32-20-22-51(23-21-32)36-12-17-40-41(30-36)47(57)52(46(40)56)42-18-19-43(54)48-45(42)55/h3-17,30,32,42,53H,2,18-29,31H2,1H3,(H,48,54,55)/b44-39-. The topological polar surface area (TPSA) is 123 Å². The van der Waals surface area contributed by atoms with Crippen molar-refractivity contribution < 1.29 is 29.0 Å². The van der Waals surface area contributed by atoms with E-state index in [4.69, 9.17) is 4.74 Å². The Bertz CT molecular complexity index is 2170. The molecule has 4 amide bonds. The second kappa shape index (κ2) is 17.4. The van der Waals surface area contributed by atoms with Crippen molar-refractivity contribution in [3.05, 3.63) is 125 Å². The molecule has 0 radical (unpaired) electrons. The molecule has 300 valence electrons. The lowest BCUT2D eigenvalue weighted by Crippen LogP contribution is -2.54. The number of phenolic OH excluding ortho intramolecular Hbond substituents is 1. The summed E-state index contributed by atoms with van der Waals surface area (Å²) in [4.78, 5) is 58.9. The maximum absolute atomic E-state index is 13.3. The van der Waals surface area contributed by atoms with Crippen LogP contribution in [0.4, 0.5) is 5.69 Å². The number of carbonyl (C=O) groups excluding carboxylic acids is 4. The van der Waals surface area contributed by atoms with Crippen LogP contribution in [-0.2, 0) is 9.59 Å². The summed E-state index contributed by atoms with van der Waals surface area (Å²) >= 11 is 0. The van der Waals surface area contributed by atoms with Gasteiger partial charge in [0.05, 0.1) is 11.1 Å². The van der Waals surface area contributed by atoms with E-state index in [1.807, 2.05) is 24.3 Å². The summed E-state index contributed by atoms with van der Waals surface area (Å²) in [5.74, 6) is -0.218. The van der Waals surface area contributed by atoms with E-state index >= 15 is 0 Å². The minimum absolute atomic E-state index is 0.103. The number of nitrogens with zero attached hydrogens (tertiary/aromatic N) is 4. The van der Waals surface area contributed by atoms with E-state index in [2.05, 4.69) is 75.5 Å². The quantitative estimate of drug-likeness (QED) is 0.130. The Hall–Kier alpha value is -5.78. The number of hydrogen-bond donors (Lipinski definition) is 2. The third-order valence-corrected chi connectivity index (χ3v) is 12.1. The van der Waals surface area contributed by atoms with Gasteiger partial charge in [-0.05, 0) is 102 Å². The van der Waals surface area contributed by atoms with Crippen molar-refractivity contribution in [3.63, 3.8) is 0 Å². The lowest BCUT2D eigenvalue weighted by atomic mass is 9.88. The van der Waals surface area contributed by atoms with Gasteiger partial charge >= 0.3 is 0 Å². The molecular formula is C47H51N5O6. The fraction of sp³-hybridized carbons (Fsp3) is 0.362. The maximum Gasteiger partial charge on any atom is 0.262 e. The van der Waals surface area contributed by atoms with Gasteiger partial charge in [-0.3, -0.25) is 34.3 Å². The first kappa shape index (κ1) is 39.1. The first-order valence-corrected chi connectivity index (χ1v) is 20.6. The molecule has 0 aromatic heterocycles. The smallest absolute Gasteiger partial charge is 0.262 e. The fourth-order valence-electron chi connectivity index (χ4n) is 8.91. The minimum atomic E-state index is -0.959. The van der Waals surface area contributed by atoms with Gasteiger partial charge in [0.1, 0.15) is 24.1 Å². The number of aromatic hydroxyl groups is 1. The van der Waals surface area contributed by atoms with Crippen LogP contribution >= 0.6 is 0 Å². The van der Waals surface area contributed by atoms with Crippen LogP contribution in [0.3, 0.4) is 0 Å². The first-order valence-electron chi connectivity index (χ1n) is 20.6.